The maximum Gasteiger partial charge on any atom is 0.259 e. The zero-order chi connectivity index (χ0) is 18.2. The molecule has 0 bridgehead atoms. The van der Waals surface area contributed by atoms with Crippen molar-refractivity contribution in [3.8, 4) is 0 Å². The van der Waals surface area contributed by atoms with Crippen LogP contribution in [0.5, 0.6) is 0 Å². The smallest absolute Gasteiger partial charge is 0.259 e. The van der Waals surface area contributed by atoms with Gasteiger partial charge in [0, 0.05) is 25.3 Å². The summed E-state index contributed by atoms with van der Waals surface area (Å²) < 4.78 is 13.0. The van der Waals surface area contributed by atoms with Gasteiger partial charge in [0.2, 0.25) is 0 Å². The molecule has 0 unspecified atom stereocenters. The number of hydrazone groups is 1. The van der Waals surface area contributed by atoms with Gasteiger partial charge in [-0.15, -0.1) is 0 Å². The summed E-state index contributed by atoms with van der Waals surface area (Å²) in [7, 11) is 3.89. The Morgan fingerprint density at radius 3 is 2.52 bits per heavy atom. The van der Waals surface area contributed by atoms with Crippen molar-refractivity contribution in [2.75, 3.05) is 25.5 Å². The van der Waals surface area contributed by atoms with Gasteiger partial charge >= 0.3 is 0 Å². The Morgan fingerprint density at radius 2 is 1.88 bits per heavy atom. The number of nitrogens with one attached hydrogen (secondary N) is 2. The van der Waals surface area contributed by atoms with Crippen molar-refractivity contribution in [2.24, 2.45) is 5.10 Å². The zero-order valence-corrected chi connectivity index (χ0v) is 14.0. The van der Waals surface area contributed by atoms with E-state index in [1.165, 1.54) is 24.4 Å². The van der Waals surface area contributed by atoms with Crippen LogP contribution in [0.25, 0.3) is 0 Å². The van der Waals surface area contributed by atoms with E-state index in [1.807, 2.05) is 43.3 Å². The van der Waals surface area contributed by atoms with Crippen molar-refractivity contribution >= 4 is 23.7 Å². The SMILES string of the molecule is CN(C)c1ccc(/C=N\NC(=O)CNC(=O)c2cccc(F)c2)cc1. The number of amides is 2. The van der Waals surface area contributed by atoms with Gasteiger partial charge in [0.1, 0.15) is 5.82 Å². The predicted octanol–water partition coefficient (Wildman–Crippen LogP) is 1.77. The summed E-state index contributed by atoms with van der Waals surface area (Å²) in [6.07, 6.45) is 1.51. The van der Waals surface area contributed by atoms with Gasteiger partial charge in [-0.3, -0.25) is 9.59 Å². The lowest BCUT2D eigenvalue weighted by Crippen LogP contribution is -2.34. The summed E-state index contributed by atoms with van der Waals surface area (Å²) in [5.41, 5.74) is 4.35. The number of carbonyl (C=O) groups excluding carboxylic acids is 2. The molecule has 0 heterocycles. The molecule has 0 spiro atoms. The molecule has 2 aromatic carbocycles. The number of anilines is 1. The number of carbonyl (C=O) groups is 2. The van der Waals surface area contributed by atoms with Crippen molar-refractivity contribution in [2.45, 2.75) is 0 Å². The molecule has 2 amide bonds. The minimum absolute atomic E-state index is 0.150. The minimum Gasteiger partial charge on any atom is -0.378 e. The first-order chi connectivity index (χ1) is 12.0. The Bertz CT molecular complexity index is 773. The monoisotopic (exact) mass is 342 g/mol. The fourth-order valence-corrected chi connectivity index (χ4v) is 1.97. The summed E-state index contributed by atoms with van der Waals surface area (Å²) in [5, 5.41) is 6.23. The first-order valence-corrected chi connectivity index (χ1v) is 7.59. The van der Waals surface area contributed by atoms with Crippen LogP contribution in [0.3, 0.4) is 0 Å². The Balaban J connectivity index is 1.79. The third kappa shape index (κ3) is 5.72. The fraction of sp³-hybridized carbons (Fsp3) is 0.167. The number of rotatable bonds is 6. The quantitative estimate of drug-likeness (QED) is 0.621. The highest BCUT2D eigenvalue weighted by Crippen LogP contribution is 2.10. The summed E-state index contributed by atoms with van der Waals surface area (Å²) in [4.78, 5) is 25.4. The molecular formula is C18H19FN4O2. The lowest BCUT2D eigenvalue weighted by Gasteiger charge is -2.11. The van der Waals surface area contributed by atoms with Crippen LogP contribution >= 0.6 is 0 Å². The third-order valence-electron chi connectivity index (χ3n) is 3.31. The van der Waals surface area contributed by atoms with Crippen LogP contribution in [0, 0.1) is 5.82 Å². The molecule has 0 atom stereocenters. The second-order valence-electron chi connectivity index (χ2n) is 5.47. The van der Waals surface area contributed by atoms with E-state index in [9.17, 15) is 14.0 Å². The summed E-state index contributed by atoms with van der Waals surface area (Å²) in [6, 6.07) is 12.8. The molecule has 0 aliphatic rings. The van der Waals surface area contributed by atoms with Crippen LogP contribution in [0.2, 0.25) is 0 Å². The van der Waals surface area contributed by atoms with Crippen molar-refractivity contribution in [1.29, 1.82) is 0 Å². The molecule has 2 N–H and O–H groups in total. The second-order valence-corrected chi connectivity index (χ2v) is 5.47. The molecule has 25 heavy (non-hydrogen) atoms. The minimum atomic E-state index is -0.530. The van der Waals surface area contributed by atoms with Gasteiger partial charge in [-0.25, -0.2) is 9.82 Å². The van der Waals surface area contributed by atoms with Crippen molar-refractivity contribution < 1.29 is 14.0 Å². The van der Waals surface area contributed by atoms with Crippen molar-refractivity contribution in [3.63, 3.8) is 0 Å². The Morgan fingerprint density at radius 1 is 1.16 bits per heavy atom. The lowest BCUT2D eigenvalue weighted by atomic mass is 10.2. The van der Waals surface area contributed by atoms with Crippen molar-refractivity contribution in [1.82, 2.24) is 10.7 Å². The average molecular weight is 342 g/mol. The maximum absolute atomic E-state index is 13.0. The van der Waals surface area contributed by atoms with Gasteiger partial charge in [-0.1, -0.05) is 18.2 Å². The summed E-state index contributed by atoms with van der Waals surface area (Å²) in [5.74, 6) is -1.52. The van der Waals surface area contributed by atoms with E-state index in [2.05, 4.69) is 15.8 Å². The Hall–Kier alpha value is -3.22. The molecule has 0 aromatic heterocycles. The van der Waals surface area contributed by atoms with E-state index in [4.69, 9.17) is 0 Å². The van der Waals surface area contributed by atoms with Crippen LogP contribution in [0.4, 0.5) is 10.1 Å². The molecule has 6 nitrogen and oxygen atoms in total. The number of hydrogen-bond acceptors (Lipinski definition) is 4. The highest BCUT2D eigenvalue weighted by atomic mass is 19.1. The van der Waals surface area contributed by atoms with Crippen LogP contribution in [0.15, 0.2) is 53.6 Å². The predicted molar refractivity (Wildman–Crippen MR) is 95.2 cm³/mol. The van der Waals surface area contributed by atoms with E-state index in [-0.39, 0.29) is 12.1 Å². The van der Waals surface area contributed by atoms with Crippen molar-refractivity contribution in [3.05, 3.63) is 65.5 Å². The summed E-state index contributed by atoms with van der Waals surface area (Å²) >= 11 is 0. The fourth-order valence-electron chi connectivity index (χ4n) is 1.97. The van der Waals surface area contributed by atoms with E-state index >= 15 is 0 Å². The largest absolute Gasteiger partial charge is 0.378 e. The molecule has 0 radical (unpaired) electrons. The Labute approximate surface area is 145 Å². The molecule has 0 aliphatic heterocycles. The number of hydrogen-bond donors (Lipinski definition) is 2. The Kier molecular flexibility index (Phi) is 6.22. The van der Waals surface area contributed by atoms with Crippen LogP contribution < -0.4 is 15.6 Å². The summed E-state index contributed by atoms with van der Waals surface area (Å²) in [6.45, 7) is -0.258. The molecular weight excluding hydrogens is 323 g/mol. The van der Waals surface area contributed by atoms with E-state index < -0.39 is 17.6 Å². The van der Waals surface area contributed by atoms with Crippen LogP contribution in [-0.4, -0.2) is 38.7 Å². The lowest BCUT2D eigenvalue weighted by molar-refractivity contribution is -0.120. The molecule has 2 rings (SSSR count). The van der Waals surface area contributed by atoms with E-state index in [1.54, 1.807) is 0 Å². The number of halogens is 1. The number of nitrogens with zero attached hydrogens (tertiary/aromatic N) is 2. The third-order valence-corrected chi connectivity index (χ3v) is 3.31. The van der Waals surface area contributed by atoms with Gasteiger partial charge in [0.25, 0.3) is 11.8 Å². The van der Waals surface area contributed by atoms with Gasteiger partial charge < -0.3 is 10.2 Å². The van der Waals surface area contributed by atoms with Gasteiger partial charge in [-0.05, 0) is 35.9 Å². The molecule has 130 valence electrons. The maximum atomic E-state index is 13.0. The average Bonchev–Trinajstić information content (AvgIpc) is 2.60. The zero-order valence-electron chi connectivity index (χ0n) is 14.0. The second kappa shape index (κ2) is 8.58. The normalized spacial score (nSPS) is 10.5. The molecule has 0 saturated heterocycles. The molecule has 2 aromatic rings. The highest BCUT2D eigenvalue weighted by molar-refractivity contribution is 5.96. The first kappa shape index (κ1) is 18.1. The van der Waals surface area contributed by atoms with Crippen LogP contribution in [-0.2, 0) is 4.79 Å². The standard InChI is InChI=1S/C18H19FN4O2/c1-23(2)16-8-6-13(7-9-16)11-21-22-17(24)12-20-18(25)14-4-3-5-15(19)10-14/h3-11H,12H2,1-2H3,(H,20,25)(H,22,24)/b21-11-. The molecule has 7 heteroatoms. The molecule has 0 aliphatic carbocycles. The highest BCUT2D eigenvalue weighted by Gasteiger charge is 2.08. The van der Waals surface area contributed by atoms with Gasteiger partial charge in [0.15, 0.2) is 0 Å². The molecule has 0 fully saturated rings. The van der Waals surface area contributed by atoms with E-state index in [0.717, 1.165) is 17.3 Å². The van der Waals surface area contributed by atoms with Gasteiger partial charge in [0.05, 0.1) is 12.8 Å². The van der Waals surface area contributed by atoms with E-state index in [0.29, 0.717) is 0 Å². The van der Waals surface area contributed by atoms with Gasteiger partial charge in [-0.2, -0.15) is 5.10 Å². The van der Waals surface area contributed by atoms with Crippen LogP contribution in [0.1, 0.15) is 15.9 Å². The molecule has 0 saturated carbocycles. The topological polar surface area (TPSA) is 73.8 Å². The number of benzene rings is 2. The first-order valence-electron chi connectivity index (χ1n) is 7.59.